The minimum absolute atomic E-state index is 0.0430. The summed E-state index contributed by atoms with van der Waals surface area (Å²) in [6.07, 6.45) is 0. The molecule has 1 aliphatic heterocycles. The molecule has 9 heteroatoms. The predicted octanol–water partition coefficient (Wildman–Crippen LogP) is 2.49. The van der Waals surface area contributed by atoms with E-state index in [9.17, 15) is 13.2 Å². The van der Waals surface area contributed by atoms with Crippen molar-refractivity contribution in [1.82, 2.24) is 14.9 Å². The van der Waals surface area contributed by atoms with Crippen LogP contribution in [-0.4, -0.2) is 35.5 Å². The molecule has 1 aromatic rings. The molecule has 1 heterocycles. The first-order chi connectivity index (χ1) is 10.4. The van der Waals surface area contributed by atoms with Crippen molar-refractivity contribution in [3.05, 3.63) is 29.3 Å². The second kappa shape index (κ2) is 5.61. The summed E-state index contributed by atoms with van der Waals surface area (Å²) < 4.78 is 26.9. The molecular formula is C14H18ClN3O3S2. The van der Waals surface area contributed by atoms with Gasteiger partial charge in [0.15, 0.2) is 0 Å². The highest BCUT2D eigenvalue weighted by atomic mass is 35.5. The molecule has 126 valence electrons. The lowest BCUT2D eigenvalue weighted by atomic mass is 10.0. The van der Waals surface area contributed by atoms with Gasteiger partial charge in [0.25, 0.3) is 10.0 Å². The van der Waals surface area contributed by atoms with Crippen molar-refractivity contribution in [3.63, 3.8) is 0 Å². The van der Waals surface area contributed by atoms with Crippen LogP contribution in [0.5, 0.6) is 0 Å². The van der Waals surface area contributed by atoms with Crippen molar-refractivity contribution in [2.75, 3.05) is 0 Å². The third kappa shape index (κ3) is 3.15. The number of urea groups is 1. The summed E-state index contributed by atoms with van der Waals surface area (Å²) in [5.74, 6) is 0. The molecule has 1 aromatic carbocycles. The van der Waals surface area contributed by atoms with E-state index in [0.717, 1.165) is 0 Å². The molecule has 0 unspecified atom stereocenters. The Morgan fingerprint density at radius 2 is 1.83 bits per heavy atom. The van der Waals surface area contributed by atoms with Gasteiger partial charge in [0.05, 0.1) is 10.6 Å². The van der Waals surface area contributed by atoms with E-state index in [1.54, 1.807) is 33.8 Å². The van der Waals surface area contributed by atoms with Gasteiger partial charge in [-0.2, -0.15) is 0 Å². The Balaban J connectivity index is 2.35. The molecule has 2 amide bonds. The molecule has 0 atom stereocenters. The van der Waals surface area contributed by atoms with Gasteiger partial charge in [0, 0.05) is 0 Å². The normalized spacial score (nSPS) is 19.3. The van der Waals surface area contributed by atoms with Crippen LogP contribution in [0.3, 0.4) is 0 Å². The molecule has 0 saturated carbocycles. The lowest BCUT2D eigenvalue weighted by Gasteiger charge is -2.37. The molecule has 1 fully saturated rings. The molecule has 2 rings (SSSR count). The monoisotopic (exact) mass is 375 g/mol. The Morgan fingerprint density at radius 1 is 1.26 bits per heavy atom. The van der Waals surface area contributed by atoms with Crippen molar-refractivity contribution in [2.24, 2.45) is 0 Å². The molecule has 0 bridgehead atoms. The highest BCUT2D eigenvalue weighted by Crippen LogP contribution is 2.32. The highest BCUT2D eigenvalue weighted by Gasteiger charge is 2.51. The number of halogens is 1. The molecule has 0 aromatic heterocycles. The van der Waals surface area contributed by atoms with Crippen LogP contribution in [0.2, 0.25) is 5.02 Å². The van der Waals surface area contributed by atoms with Gasteiger partial charge in [-0.15, -0.1) is 0 Å². The van der Waals surface area contributed by atoms with Crippen LogP contribution in [0.1, 0.15) is 27.7 Å². The molecule has 0 radical (unpaired) electrons. The first-order valence-corrected chi connectivity index (χ1v) is 9.11. The molecule has 2 N–H and O–H groups in total. The average Bonchev–Trinajstić information content (AvgIpc) is 2.52. The van der Waals surface area contributed by atoms with Crippen molar-refractivity contribution < 1.29 is 13.2 Å². The molecule has 0 spiro atoms. The van der Waals surface area contributed by atoms with Crippen LogP contribution in [0.4, 0.5) is 4.79 Å². The Kier molecular flexibility index (Phi) is 4.38. The summed E-state index contributed by atoms with van der Waals surface area (Å²) in [5, 5.41) is 3.07. The van der Waals surface area contributed by atoms with E-state index >= 15 is 0 Å². The van der Waals surface area contributed by atoms with E-state index in [-0.39, 0.29) is 9.92 Å². The summed E-state index contributed by atoms with van der Waals surface area (Å²) in [6.45, 7) is 6.99. The number of nitrogens with zero attached hydrogens (tertiary/aromatic N) is 1. The third-order valence-electron chi connectivity index (χ3n) is 3.64. The van der Waals surface area contributed by atoms with E-state index in [4.69, 9.17) is 23.8 Å². The Bertz CT molecular complexity index is 775. The maximum Gasteiger partial charge on any atom is 0.333 e. The summed E-state index contributed by atoms with van der Waals surface area (Å²) in [4.78, 5) is 14.3. The second-order valence-electron chi connectivity index (χ2n) is 6.25. The topological polar surface area (TPSA) is 78.5 Å². The summed E-state index contributed by atoms with van der Waals surface area (Å²) >= 11 is 11.2. The number of sulfonamides is 1. The zero-order valence-corrected chi connectivity index (χ0v) is 15.6. The van der Waals surface area contributed by atoms with Crippen LogP contribution in [0.15, 0.2) is 29.2 Å². The lowest BCUT2D eigenvalue weighted by Crippen LogP contribution is -2.58. The Morgan fingerprint density at radius 3 is 2.30 bits per heavy atom. The quantitative estimate of drug-likeness (QED) is 0.776. The fraction of sp³-hybridized carbons (Fsp3) is 0.429. The standard InChI is InChI=1S/C14H18ClN3O3S2/c1-13(2)11(22)16-14(3,4)18(13)12(19)17-23(20,21)10-8-6-5-7-9(10)15/h5-8H,1-4H3,(H,16,22)(H,17,19). The number of nitrogens with one attached hydrogen (secondary N) is 2. The number of benzene rings is 1. The van der Waals surface area contributed by atoms with Gasteiger partial charge in [0.1, 0.15) is 15.5 Å². The predicted molar refractivity (Wildman–Crippen MR) is 92.9 cm³/mol. The first-order valence-electron chi connectivity index (χ1n) is 6.84. The zero-order valence-electron chi connectivity index (χ0n) is 13.2. The van der Waals surface area contributed by atoms with Gasteiger partial charge in [-0.05, 0) is 39.8 Å². The maximum absolute atomic E-state index is 12.6. The van der Waals surface area contributed by atoms with Crippen LogP contribution >= 0.6 is 23.8 Å². The number of hydrogen-bond acceptors (Lipinski definition) is 4. The SMILES string of the molecule is CC1(C)NC(=S)C(C)(C)N1C(=O)NS(=O)(=O)c1ccccc1Cl. The molecule has 23 heavy (non-hydrogen) atoms. The van der Waals surface area contributed by atoms with Gasteiger partial charge < -0.3 is 5.32 Å². The summed E-state index contributed by atoms with van der Waals surface area (Å²) in [6, 6.07) is 5.15. The minimum Gasteiger partial charge on any atom is -0.356 e. The number of amides is 2. The van der Waals surface area contributed by atoms with E-state index in [1.165, 1.54) is 23.1 Å². The highest BCUT2D eigenvalue weighted by molar-refractivity contribution is 7.90. The fourth-order valence-electron chi connectivity index (χ4n) is 2.67. The largest absolute Gasteiger partial charge is 0.356 e. The first kappa shape index (κ1) is 18.0. The van der Waals surface area contributed by atoms with Crippen LogP contribution in [-0.2, 0) is 10.0 Å². The van der Waals surface area contributed by atoms with Gasteiger partial charge in [-0.25, -0.2) is 17.9 Å². The van der Waals surface area contributed by atoms with E-state index in [1.807, 2.05) is 0 Å². The summed E-state index contributed by atoms with van der Waals surface area (Å²) in [5.41, 5.74) is -1.64. The fourth-order valence-corrected chi connectivity index (χ4v) is 4.47. The van der Waals surface area contributed by atoms with Crippen molar-refractivity contribution in [1.29, 1.82) is 0 Å². The number of rotatable bonds is 2. The minimum atomic E-state index is -4.09. The molecule has 0 aliphatic carbocycles. The van der Waals surface area contributed by atoms with E-state index < -0.39 is 27.3 Å². The average molecular weight is 376 g/mol. The van der Waals surface area contributed by atoms with Crippen LogP contribution in [0, 0.1) is 0 Å². The lowest BCUT2D eigenvalue weighted by molar-refractivity contribution is 0.112. The van der Waals surface area contributed by atoms with Crippen molar-refractivity contribution in [3.8, 4) is 0 Å². The number of carbonyl (C=O) groups is 1. The number of carbonyl (C=O) groups excluding carboxylic acids is 1. The Labute approximate surface area is 146 Å². The maximum atomic E-state index is 12.6. The molecular weight excluding hydrogens is 358 g/mol. The van der Waals surface area contributed by atoms with Gasteiger partial charge in [-0.3, -0.25) is 4.90 Å². The van der Waals surface area contributed by atoms with Gasteiger partial charge >= 0.3 is 6.03 Å². The zero-order chi connectivity index (χ0) is 17.6. The van der Waals surface area contributed by atoms with Crippen molar-refractivity contribution in [2.45, 2.75) is 43.8 Å². The Hall–Kier alpha value is -1.38. The number of hydrogen-bond donors (Lipinski definition) is 2. The molecule has 1 aliphatic rings. The van der Waals surface area contributed by atoms with Gasteiger partial charge in [-0.1, -0.05) is 36.0 Å². The smallest absolute Gasteiger partial charge is 0.333 e. The van der Waals surface area contributed by atoms with Gasteiger partial charge in [0.2, 0.25) is 0 Å². The number of thiocarbonyl (C=S) groups is 1. The van der Waals surface area contributed by atoms with Crippen LogP contribution in [0.25, 0.3) is 0 Å². The third-order valence-corrected chi connectivity index (χ3v) is 6.07. The second-order valence-corrected chi connectivity index (χ2v) is 8.71. The van der Waals surface area contributed by atoms with E-state index in [0.29, 0.717) is 4.99 Å². The molecule has 6 nitrogen and oxygen atoms in total. The van der Waals surface area contributed by atoms with Crippen LogP contribution < -0.4 is 10.0 Å². The molecule has 1 saturated heterocycles. The van der Waals surface area contributed by atoms with Crippen molar-refractivity contribution >= 4 is 44.9 Å². The van der Waals surface area contributed by atoms with E-state index in [2.05, 4.69) is 10.0 Å². The summed E-state index contributed by atoms with van der Waals surface area (Å²) in [7, 11) is -4.09.